The van der Waals surface area contributed by atoms with E-state index in [1.807, 2.05) is 31.2 Å². The van der Waals surface area contributed by atoms with E-state index in [4.69, 9.17) is 5.73 Å². The smallest absolute Gasteiger partial charge is 0.267 e. The lowest BCUT2D eigenvalue weighted by atomic mass is 10.1. The Morgan fingerprint density at radius 1 is 1.20 bits per heavy atom. The minimum Gasteiger partial charge on any atom is -0.398 e. The highest BCUT2D eigenvalue weighted by Gasteiger charge is 2.09. The van der Waals surface area contributed by atoms with Crippen LogP contribution in [-0.2, 0) is 6.54 Å². The fraction of sp³-hybridized carbons (Fsp3) is 0.133. The SMILES string of the molecule is Cc1ccc(CNNC(=O)c2cc(Br)ccc2N)cc1. The van der Waals surface area contributed by atoms with E-state index in [2.05, 4.69) is 26.8 Å². The largest absolute Gasteiger partial charge is 0.398 e. The molecule has 4 N–H and O–H groups in total. The molecule has 2 aromatic carbocycles. The highest BCUT2D eigenvalue weighted by Crippen LogP contribution is 2.18. The van der Waals surface area contributed by atoms with E-state index in [9.17, 15) is 4.79 Å². The molecule has 0 atom stereocenters. The summed E-state index contributed by atoms with van der Waals surface area (Å²) in [5, 5.41) is 0. The Hall–Kier alpha value is -1.85. The van der Waals surface area contributed by atoms with Crippen LogP contribution in [0.2, 0.25) is 0 Å². The molecule has 0 saturated carbocycles. The Morgan fingerprint density at radius 2 is 1.90 bits per heavy atom. The number of carbonyl (C=O) groups excluding carboxylic acids is 1. The molecule has 2 rings (SSSR count). The summed E-state index contributed by atoms with van der Waals surface area (Å²) in [6.45, 7) is 2.59. The summed E-state index contributed by atoms with van der Waals surface area (Å²) in [7, 11) is 0. The van der Waals surface area contributed by atoms with Crippen molar-refractivity contribution in [3.05, 3.63) is 63.6 Å². The van der Waals surface area contributed by atoms with Crippen LogP contribution in [0.5, 0.6) is 0 Å². The van der Waals surface area contributed by atoms with Gasteiger partial charge >= 0.3 is 0 Å². The monoisotopic (exact) mass is 333 g/mol. The van der Waals surface area contributed by atoms with Crippen LogP contribution in [0.25, 0.3) is 0 Å². The molecule has 104 valence electrons. The predicted octanol–water partition coefficient (Wildman–Crippen LogP) is 2.77. The van der Waals surface area contributed by atoms with Gasteiger partial charge < -0.3 is 5.73 Å². The number of nitrogens with one attached hydrogen (secondary N) is 2. The Kier molecular flexibility index (Phi) is 4.76. The van der Waals surface area contributed by atoms with Gasteiger partial charge in [0.15, 0.2) is 0 Å². The lowest BCUT2D eigenvalue weighted by molar-refractivity contribution is 0.0933. The molecular formula is C15H16BrN3O. The van der Waals surface area contributed by atoms with Gasteiger partial charge in [-0.05, 0) is 30.7 Å². The van der Waals surface area contributed by atoms with Crippen molar-refractivity contribution in [1.82, 2.24) is 10.9 Å². The zero-order valence-corrected chi connectivity index (χ0v) is 12.7. The molecule has 4 nitrogen and oxygen atoms in total. The molecule has 0 aromatic heterocycles. The van der Waals surface area contributed by atoms with E-state index < -0.39 is 0 Å². The van der Waals surface area contributed by atoms with E-state index in [0.717, 1.165) is 10.0 Å². The lowest BCUT2D eigenvalue weighted by Crippen LogP contribution is -2.37. The molecule has 0 fully saturated rings. The summed E-state index contributed by atoms with van der Waals surface area (Å²) < 4.78 is 0.815. The maximum Gasteiger partial charge on any atom is 0.267 e. The first-order valence-corrected chi connectivity index (χ1v) is 6.99. The number of nitrogen functional groups attached to an aromatic ring is 1. The number of amides is 1. The first-order valence-electron chi connectivity index (χ1n) is 6.20. The second kappa shape index (κ2) is 6.54. The fourth-order valence-electron chi connectivity index (χ4n) is 1.72. The third-order valence-corrected chi connectivity index (χ3v) is 3.37. The zero-order chi connectivity index (χ0) is 14.5. The van der Waals surface area contributed by atoms with Gasteiger partial charge in [-0.15, -0.1) is 0 Å². The van der Waals surface area contributed by atoms with Crippen LogP contribution in [0.4, 0.5) is 5.69 Å². The number of aryl methyl sites for hydroxylation is 1. The number of hydrogen-bond acceptors (Lipinski definition) is 3. The summed E-state index contributed by atoms with van der Waals surface area (Å²) in [6.07, 6.45) is 0. The molecule has 0 aliphatic rings. The van der Waals surface area contributed by atoms with Crippen molar-refractivity contribution in [2.24, 2.45) is 0 Å². The maximum atomic E-state index is 12.0. The molecule has 0 radical (unpaired) electrons. The quantitative estimate of drug-likeness (QED) is 0.595. The number of rotatable bonds is 4. The van der Waals surface area contributed by atoms with Crippen molar-refractivity contribution >= 4 is 27.5 Å². The molecular weight excluding hydrogens is 318 g/mol. The average molecular weight is 334 g/mol. The summed E-state index contributed by atoms with van der Waals surface area (Å²) >= 11 is 3.32. The molecule has 0 aliphatic heterocycles. The van der Waals surface area contributed by atoms with Crippen LogP contribution in [-0.4, -0.2) is 5.91 Å². The first-order chi connectivity index (χ1) is 9.56. The maximum absolute atomic E-state index is 12.0. The summed E-state index contributed by atoms with van der Waals surface area (Å²) in [5.41, 5.74) is 14.5. The van der Waals surface area contributed by atoms with Gasteiger partial charge in [0.05, 0.1) is 5.56 Å². The second-order valence-electron chi connectivity index (χ2n) is 4.52. The Labute approximate surface area is 126 Å². The minimum atomic E-state index is -0.254. The third kappa shape index (κ3) is 3.82. The molecule has 0 saturated heterocycles. The predicted molar refractivity (Wildman–Crippen MR) is 84.0 cm³/mol. The van der Waals surface area contributed by atoms with Crippen LogP contribution in [0, 0.1) is 6.92 Å². The Morgan fingerprint density at radius 3 is 2.60 bits per heavy atom. The first kappa shape index (κ1) is 14.6. The molecule has 1 amide bonds. The normalized spacial score (nSPS) is 10.3. The molecule has 5 heteroatoms. The van der Waals surface area contributed by atoms with Crippen LogP contribution in [0.1, 0.15) is 21.5 Å². The van der Waals surface area contributed by atoms with Crippen molar-refractivity contribution in [1.29, 1.82) is 0 Å². The van der Waals surface area contributed by atoms with Gasteiger partial charge in [-0.2, -0.15) is 0 Å². The van der Waals surface area contributed by atoms with Crippen molar-refractivity contribution in [3.8, 4) is 0 Å². The number of carbonyl (C=O) groups is 1. The number of nitrogens with two attached hydrogens (primary N) is 1. The highest BCUT2D eigenvalue weighted by molar-refractivity contribution is 9.10. The van der Waals surface area contributed by atoms with E-state index >= 15 is 0 Å². The van der Waals surface area contributed by atoms with Gasteiger partial charge in [-0.1, -0.05) is 45.8 Å². The van der Waals surface area contributed by atoms with Gasteiger partial charge in [0.1, 0.15) is 0 Å². The lowest BCUT2D eigenvalue weighted by Gasteiger charge is -2.09. The van der Waals surface area contributed by atoms with E-state index in [-0.39, 0.29) is 5.91 Å². The van der Waals surface area contributed by atoms with E-state index in [1.54, 1.807) is 18.2 Å². The molecule has 0 spiro atoms. The summed E-state index contributed by atoms with van der Waals surface area (Å²) in [5.74, 6) is -0.254. The van der Waals surface area contributed by atoms with Gasteiger partial charge in [-0.3, -0.25) is 10.2 Å². The topological polar surface area (TPSA) is 67.1 Å². The second-order valence-corrected chi connectivity index (χ2v) is 5.44. The van der Waals surface area contributed by atoms with Gasteiger partial charge in [0, 0.05) is 16.7 Å². The van der Waals surface area contributed by atoms with E-state index in [0.29, 0.717) is 17.8 Å². The van der Waals surface area contributed by atoms with Crippen molar-refractivity contribution in [2.45, 2.75) is 13.5 Å². The minimum absolute atomic E-state index is 0.254. The average Bonchev–Trinajstić information content (AvgIpc) is 2.43. The van der Waals surface area contributed by atoms with Gasteiger partial charge in [0.25, 0.3) is 5.91 Å². The van der Waals surface area contributed by atoms with Crippen LogP contribution in [0.3, 0.4) is 0 Å². The molecule has 2 aromatic rings. The molecule has 20 heavy (non-hydrogen) atoms. The number of halogens is 1. The molecule has 0 unspecified atom stereocenters. The number of hydrogen-bond donors (Lipinski definition) is 3. The van der Waals surface area contributed by atoms with Gasteiger partial charge in [-0.25, -0.2) is 5.43 Å². The van der Waals surface area contributed by atoms with Crippen LogP contribution < -0.4 is 16.6 Å². The van der Waals surface area contributed by atoms with Crippen LogP contribution in [0.15, 0.2) is 46.9 Å². The highest BCUT2D eigenvalue weighted by atomic mass is 79.9. The molecule has 0 bridgehead atoms. The van der Waals surface area contributed by atoms with Crippen LogP contribution >= 0.6 is 15.9 Å². The Bertz CT molecular complexity index is 611. The molecule has 0 aliphatic carbocycles. The van der Waals surface area contributed by atoms with Crippen molar-refractivity contribution in [3.63, 3.8) is 0 Å². The van der Waals surface area contributed by atoms with E-state index in [1.165, 1.54) is 5.56 Å². The number of benzene rings is 2. The number of hydrazine groups is 1. The Balaban J connectivity index is 1.92. The fourth-order valence-corrected chi connectivity index (χ4v) is 2.09. The standard InChI is InChI=1S/C15H16BrN3O/c1-10-2-4-11(5-3-10)9-18-19-15(20)13-8-12(16)6-7-14(13)17/h2-8,18H,9,17H2,1H3,(H,19,20). The third-order valence-electron chi connectivity index (χ3n) is 2.88. The van der Waals surface area contributed by atoms with Crippen molar-refractivity contribution < 1.29 is 4.79 Å². The van der Waals surface area contributed by atoms with Gasteiger partial charge in [0.2, 0.25) is 0 Å². The summed E-state index contributed by atoms with van der Waals surface area (Å²) in [4.78, 5) is 12.0. The zero-order valence-electron chi connectivity index (χ0n) is 11.1. The summed E-state index contributed by atoms with van der Waals surface area (Å²) in [6, 6.07) is 13.3. The number of anilines is 1. The van der Waals surface area contributed by atoms with Crippen molar-refractivity contribution in [2.75, 3.05) is 5.73 Å². The molecule has 0 heterocycles.